The van der Waals surface area contributed by atoms with E-state index in [-0.39, 0.29) is 34.5 Å². The minimum absolute atomic E-state index is 0.0788. The molecule has 0 bridgehead atoms. The number of aromatic nitrogens is 2. The Bertz CT molecular complexity index is 2020. The number of carbonyl (C=O) groups is 2. The van der Waals surface area contributed by atoms with Crippen molar-refractivity contribution in [3.8, 4) is 34.4 Å². The highest BCUT2D eigenvalue weighted by atomic mass is 16.5. The standard InChI is InChI=1S/C48H60N2O8/c1-3-5-7-9-11-13-15-17-19-21-23-43(51)55-37-29-31-39-41(33-37)49-45(57-47(39)53)35-25-27-36(28-26-35)46-50-42-34-38(30-32-40(42)48(54)58-46)56-44(52)24-22-20-18-16-14-12-10-8-6-4-2/h25-34H,3-24H2,1-2H3. The lowest BCUT2D eigenvalue weighted by Crippen LogP contribution is -2.08. The summed E-state index contributed by atoms with van der Waals surface area (Å²) >= 11 is 0. The first-order chi connectivity index (χ1) is 28.3. The Kier molecular flexibility index (Phi) is 18.2. The lowest BCUT2D eigenvalue weighted by atomic mass is 10.1. The number of benzene rings is 3. The Hall–Kier alpha value is -5.12. The predicted octanol–water partition coefficient (Wildman–Crippen LogP) is 12.5. The van der Waals surface area contributed by atoms with Crippen LogP contribution in [-0.2, 0) is 9.59 Å². The van der Waals surface area contributed by atoms with Crippen molar-refractivity contribution in [2.45, 2.75) is 155 Å². The highest BCUT2D eigenvalue weighted by Crippen LogP contribution is 2.27. The molecule has 0 aliphatic heterocycles. The summed E-state index contributed by atoms with van der Waals surface area (Å²) in [5.74, 6) is 0.152. The van der Waals surface area contributed by atoms with Crippen molar-refractivity contribution in [2.24, 2.45) is 0 Å². The van der Waals surface area contributed by atoms with Gasteiger partial charge in [0, 0.05) is 36.1 Å². The van der Waals surface area contributed by atoms with E-state index in [2.05, 4.69) is 23.8 Å². The quantitative estimate of drug-likeness (QED) is 0.0302. The van der Waals surface area contributed by atoms with Crippen LogP contribution in [-0.4, -0.2) is 21.9 Å². The molecule has 0 spiro atoms. The van der Waals surface area contributed by atoms with E-state index in [4.69, 9.17) is 18.3 Å². The smallest absolute Gasteiger partial charge is 0.347 e. The van der Waals surface area contributed by atoms with Crippen LogP contribution < -0.4 is 20.7 Å². The number of rotatable bonds is 26. The van der Waals surface area contributed by atoms with E-state index in [1.165, 1.54) is 89.9 Å². The highest BCUT2D eigenvalue weighted by molar-refractivity contribution is 5.83. The molecule has 0 unspecified atom stereocenters. The average molecular weight is 793 g/mol. The number of esters is 2. The number of nitrogens with zero attached hydrogens (tertiary/aromatic N) is 2. The topological polar surface area (TPSA) is 139 Å². The largest absolute Gasteiger partial charge is 0.426 e. The van der Waals surface area contributed by atoms with Crippen LogP contribution in [0.5, 0.6) is 11.5 Å². The van der Waals surface area contributed by atoms with Gasteiger partial charge in [-0.2, -0.15) is 0 Å². The van der Waals surface area contributed by atoms with Gasteiger partial charge < -0.3 is 18.3 Å². The van der Waals surface area contributed by atoms with Crippen LogP contribution in [0.2, 0.25) is 0 Å². The fourth-order valence-electron chi connectivity index (χ4n) is 7.11. The Morgan fingerprint density at radius 1 is 0.466 bits per heavy atom. The molecule has 0 aliphatic rings. The van der Waals surface area contributed by atoms with Crippen LogP contribution in [0.3, 0.4) is 0 Å². The number of hydrogen-bond donors (Lipinski definition) is 0. The lowest BCUT2D eigenvalue weighted by molar-refractivity contribution is -0.135. The molecule has 58 heavy (non-hydrogen) atoms. The molecule has 3 aromatic carbocycles. The van der Waals surface area contributed by atoms with Crippen molar-refractivity contribution in [1.29, 1.82) is 0 Å². The van der Waals surface area contributed by atoms with Gasteiger partial charge >= 0.3 is 23.2 Å². The summed E-state index contributed by atoms with van der Waals surface area (Å²) in [5.41, 5.74) is 0.532. The molecule has 0 radical (unpaired) electrons. The predicted molar refractivity (Wildman–Crippen MR) is 229 cm³/mol. The fraction of sp³-hybridized carbons (Fsp3) is 0.500. The van der Waals surface area contributed by atoms with Gasteiger partial charge in [-0.3, -0.25) is 9.59 Å². The summed E-state index contributed by atoms with van der Waals surface area (Å²) in [6.45, 7) is 4.46. The summed E-state index contributed by atoms with van der Waals surface area (Å²) in [6, 6.07) is 16.1. The zero-order valence-corrected chi connectivity index (χ0v) is 34.5. The monoisotopic (exact) mass is 792 g/mol. The molecule has 5 rings (SSSR count). The summed E-state index contributed by atoms with van der Waals surface area (Å²) in [5, 5.41) is 0.529. The number of hydrogen-bond acceptors (Lipinski definition) is 10. The normalized spacial score (nSPS) is 11.3. The molecule has 0 fully saturated rings. The van der Waals surface area contributed by atoms with Gasteiger partial charge in [-0.15, -0.1) is 0 Å². The molecule has 10 nitrogen and oxygen atoms in total. The Labute approximate surface area is 341 Å². The molecule has 0 aliphatic carbocycles. The van der Waals surface area contributed by atoms with Crippen molar-refractivity contribution in [1.82, 2.24) is 9.97 Å². The molecule has 0 atom stereocenters. The SMILES string of the molecule is CCCCCCCCCCCCC(=O)Oc1ccc2c(=O)oc(-c3ccc(-c4nc5cc(OC(=O)CCCCCCCCCCCC)ccc5c(=O)o4)cc3)nc2c1. The number of unbranched alkanes of at least 4 members (excludes halogenated alkanes) is 18. The van der Waals surface area contributed by atoms with Crippen LogP contribution >= 0.6 is 0 Å². The minimum atomic E-state index is -0.575. The maximum absolute atomic E-state index is 12.9. The Balaban J connectivity index is 1.14. The van der Waals surface area contributed by atoms with Crippen molar-refractivity contribution in [3.63, 3.8) is 0 Å². The van der Waals surface area contributed by atoms with Gasteiger partial charge in [0.05, 0.1) is 21.8 Å². The van der Waals surface area contributed by atoms with Crippen molar-refractivity contribution >= 4 is 33.7 Å². The molecule has 5 aromatic rings. The van der Waals surface area contributed by atoms with Crippen LogP contribution in [0.4, 0.5) is 0 Å². The third-order valence-corrected chi connectivity index (χ3v) is 10.5. The molecular weight excluding hydrogens is 733 g/mol. The lowest BCUT2D eigenvalue weighted by Gasteiger charge is -2.07. The summed E-state index contributed by atoms with van der Waals surface area (Å²) in [6.07, 6.45) is 24.3. The van der Waals surface area contributed by atoms with E-state index in [0.717, 1.165) is 38.5 Å². The maximum Gasteiger partial charge on any atom is 0.347 e. The summed E-state index contributed by atoms with van der Waals surface area (Å²) in [7, 11) is 0. The minimum Gasteiger partial charge on any atom is -0.426 e. The van der Waals surface area contributed by atoms with Crippen LogP contribution in [0.25, 0.3) is 44.7 Å². The third-order valence-electron chi connectivity index (χ3n) is 10.5. The molecule has 0 N–H and O–H groups in total. The maximum atomic E-state index is 12.9. The van der Waals surface area contributed by atoms with Crippen LogP contribution in [0.15, 0.2) is 79.1 Å². The molecule has 2 aromatic heterocycles. The van der Waals surface area contributed by atoms with E-state index in [9.17, 15) is 19.2 Å². The van der Waals surface area contributed by atoms with E-state index in [1.54, 1.807) is 60.7 Å². The molecule has 0 saturated heterocycles. The summed E-state index contributed by atoms with van der Waals surface area (Å²) in [4.78, 5) is 60.0. The van der Waals surface area contributed by atoms with Gasteiger partial charge in [-0.05, 0) is 61.4 Å². The van der Waals surface area contributed by atoms with E-state index in [0.29, 0.717) is 46.5 Å². The zero-order valence-electron chi connectivity index (χ0n) is 34.5. The van der Waals surface area contributed by atoms with E-state index < -0.39 is 11.3 Å². The van der Waals surface area contributed by atoms with Crippen LogP contribution in [0, 0.1) is 0 Å². The second kappa shape index (κ2) is 24.0. The molecule has 0 saturated carbocycles. The first-order valence-electron chi connectivity index (χ1n) is 21.8. The average Bonchev–Trinajstić information content (AvgIpc) is 3.22. The molecule has 0 amide bonds. The van der Waals surface area contributed by atoms with Crippen molar-refractivity contribution in [3.05, 3.63) is 81.5 Å². The first kappa shape index (κ1) is 44.0. The molecular formula is C48H60N2O8. The Morgan fingerprint density at radius 2 is 0.793 bits per heavy atom. The first-order valence-corrected chi connectivity index (χ1v) is 21.8. The van der Waals surface area contributed by atoms with Crippen LogP contribution in [0.1, 0.15) is 155 Å². The van der Waals surface area contributed by atoms with E-state index >= 15 is 0 Å². The second-order valence-electron chi connectivity index (χ2n) is 15.4. The number of carbonyl (C=O) groups excluding carboxylic acids is 2. The summed E-state index contributed by atoms with van der Waals surface area (Å²) < 4.78 is 22.2. The number of fused-ring (bicyclic) bond motifs is 2. The fourth-order valence-corrected chi connectivity index (χ4v) is 7.11. The van der Waals surface area contributed by atoms with Gasteiger partial charge in [-0.1, -0.05) is 129 Å². The highest BCUT2D eigenvalue weighted by Gasteiger charge is 2.15. The van der Waals surface area contributed by atoms with Gasteiger partial charge in [0.25, 0.3) is 0 Å². The third kappa shape index (κ3) is 14.1. The zero-order chi connectivity index (χ0) is 41.0. The molecule has 10 heteroatoms. The van der Waals surface area contributed by atoms with Gasteiger partial charge in [0.1, 0.15) is 11.5 Å². The van der Waals surface area contributed by atoms with Gasteiger partial charge in [0.2, 0.25) is 11.8 Å². The van der Waals surface area contributed by atoms with Gasteiger partial charge in [-0.25, -0.2) is 19.6 Å². The van der Waals surface area contributed by atoms with Gasteiger partial charge in [0.15, 0.2) is 0 Å². The second-order valence-corrected chi connectivity index (χ2v) is 15.4. The van der Waals surface area contributed by atoms with Crippen molar-refractivity contribution < 1.29 is 27.9 Å². The molecule has 310 valence electrons. The molecule has 2 heterocycles. The van der Waals surface area contributed by atoms with E-state index in [1.807, 2.05) is 0 Å². The Morgan fingerprint density at radius 3 is 1.14 bits per heavy atom. The van der Waals surface area contributed by atoms with Crippen molar-refractivity contribution in [2.75, 3.05) is 0 Å². The number of ether oxygens (including phenoxy) is 2.